The molecule has 0 saturated carbocycles. The van der Waals surface area contributed by atoms with E-state index in [-0.39, 0.29) is 18.5 Å². The number of nitrogens with zero attached hydrogens (tertiary/aromatic N) is 1. The van der Waals surface area contributed by atoms with Crippen LogP contribution in [0.15, 0.2) is 24.3 Å². The van der Waals surface area contributed by atoms with Gasteiger partial charge in [-0.2, -0.15) is 11.8 Å². The van der Waals surface area contributed by atoms with Crippen molar-refractivity contribution in [2.24, 2.45) is 0 Å². The zero-order chi connectivity index (χ0) is 14.5. The first-order valence-electron chi connectivity index (χ1n) is 6.19. The van der Waals surface area contributed by atoms with Crippen molar-refractivity contribution >= 4 is 41.1 Å². The number of rotatable bonds is 3. The maximum Gasteiger partial charge on any atom is 0.322 e. The molecular formula is C13H15ClN2O3S. The first-order valence-corrected chi connectivity index (χ1v) is 7.72. The Hall–Kier alpha value is -1.40. The lowest BCUT2D eigenvalue weighted by Gasteiger charge is -2.34. The molecular weight excluding hydrogens is 300 g/mol. The second-order valence-electron chi connectivity index (χ2n) is 4.46. The van der Waals surface area contributed by atoms with Crippen LogP contribution in [-0.2, 0) is 4.79 Å². The van der Waals surface area contributed by atoms with Gasteiger partial charge in [0, 0.05) is 28.8 Å². The van der Waals surface area contributed by atoms with Gasteiger partial charge in [0.05, 0.1) is 12.5 Å². The number of nitrogens with one attached hydrogen (secondary N) is 1. The number of hydrogen-bond acceptors (Lipinski definition) is 3. The molecule has 1 aromatic rings. The summed E-state index contributed by atoms with van der Waals surface area (Å²) in [5.41, 5.74) is 0.606. The Balaban J connectivity index is 2.04. The van der Waals surface area contributed by atoms with Crippen LogP contribution >= 0.6 is 23.4 Å². The number of carboxylic acid groups (broad SMARTS) is 1. The van der Waals surface area contributed by atoms with E-state index in [1.807, 2.05) is 0 Å². The van der Waals surface area contributed by atoms with Gasteiger partial charge in [-0.3, -0.25) is 4.79 Å². The molecule has 1 aliphatic heterocycles. The van der Waals surface area contributed by atoms with E-state index in [2.05, 4.69) is 5.32 Å². The van der Waals surface area contributed by atoms with Crippen molar-refractivity contribution < 1.29 is 14.7 Å². The molecule has 0 bridgehead atoms. The lowest BCUT2D eigenvalue weighted by Crippen LogP contribution is -2.48. The third kappa shape index (κ3) is 4.05. The Morgan fingerprint density at radius 2 is 2.30 bits per heavy atom. The van der Waals surface area contributed by atoms with Gasteiger partial charge in [0.15, 0.2) is 0 Å². The summed E-state index contributed by atoms with van der Waals surface area (Å²) >= 11 is 7.53. The summed E-state index contributed by atoms with van der Waals surface area (Å²) in [4.78, 5) is 24.7. The van der Waals surface area contributed by atoms with Gasteiger partial charge in [-0.05, 0) is 18.2 Å². The summed E-state index contributed by atoms with van der Waals surface area (Å²) in [5, 5.41) is 12.2. The van der Waals surface area contributed by atoms with Gasteiger partial charge in [0.1, 0.15) is 0 Å². The molecule has 0 radical (unpaired) electrons. The van der Waals surface area contributed by atoms with Crippen LogP contribution < -0.4 is 5.32 Å². The number of benzene rings is 1. The molecule has 0 spiro atoms. The van der Waals surface area contributed by atoms with Gasteiger partial charge in [-0.15, -0.1) is 0 Å². The van der Waals surface area contributed by atoms with Crippen molar-refractivity contribution in [2.45, 2.75) is 12.5 Å². The van der Waals surface area contributed by atoms with Crippen LogP contribution in [-0.4, -0.2) is 46.1 Å². The van der Waals surface area contributed by atoms with Crippen LogP contribution in [0.25, 0.3) is 0 Å². The van der Waals surface area contributed by atoms with E-state index in [1.54, 1.807) is 40.9 Å². The fourth-order valence-electron chi connectivity index (χ4n) is 2.05. The summed E-state index contributed by atoms with van der Waals surface area (Å²) in [6.45, 7) is 0.551. The first-order chi connectivity index (χ1) is 9.56. The minimum absolute atomic E-state index is 0.0318. The highest BCUT2D eigenvalue weighted by molar-refractivity contribution is 7.99. The third-order valence-corrected chi connectivity index (χ3v) is 4.30. The molecule has 1 atom stereocenters. The van der Waals surface area contributed by atoms with Gasteiger partial charge < -0.3 is 15.3 Å². The van der Waals surface area contributed by atoms with Crippen molar-refractivity contribution in [1.82, 2.24) is 4.90 Å². The summed E-state index contributed by atoms with van der Waals surface area (Å²) in [6, 6.07) is 6.32. The standard InChI is InChI=1S/C13H15ClN2O3S/c14-9-2-1-3-10(6-9)15-13(19)16-4-5-20-8-11(16)7-12(17)18/h1-3,6,11H,4-5,7-8H2,(H,15,19)(H,17,18). The monoisotopic (exact) mass is 314 g/mol. The summed E-state index contributed by atoms with van der Waals surface area (Å²) in [7, 11) is 0. The number of urea groups is 1. The number of hydrogen-bond donors (Lipinski definition) is 2. The molecule has 1 unspecified atom stereocenters. The van der Waals surface area contributed by atoms with E-state index >= 15 is 0 Å². The van der Waals surface area contributed by atoms with Crippen LogP contribution in [0.4, 0.5) is 10.5 Å². The Morgan fingerprint density at radius 3 is 3.00 bits per heavy atom. The molecule has 108 valence electrons. The van der Waals surface area contributed by atoms with E-state index in [1.165, 1.54) is 0 Å². The molecule has 7 heteroatoms. The lowest BCUT2D eigenvalue weighted by atomic mass is 10.2. The maximum atomic E-state index is 12.2. The van der Waals surface area contributed by atoms with Gasteiger partial charge >= 0.3 is 12.0 Å². The normalized spacial score (nSPS) is 18.6. The van der Waals surface area contributed by atoms with Gasteiger partial charge in [0.2, 0.25) is 0 Å². The lowest BCUT2D eigenvalue weighted by molar-refractivity contribution is -0.137. The predicted molar refractivity (Wildman–Crippen MR) is 80.5 cm³/mol. The highest BCUT2D eigenvalue weighted by atomic mass is 35.5. The number of carbonyl (C=O) groups is 2. The zero-order valence-corrected chi connectivity index (χ0v) is 12.3. The maximum absolute atomic E-state index is 12.2. The summed E-state index contributed by atoms with van der Waals surface area (Å²) < 4.78 is 0. The molecule has 0 aliphatic carbocycles. The SMILES string of the molecule is O=C(O)CC1CSCCN1C(=O)Nc1cccc(Cl)c1. The molecule has 2 N–H and O–H groups in total. The second-order valence-corrected chi connectivity index (χ2v) is 6.05. The Kier molecular flexibility index (Phi) is 5.14. The van der Waals surface area contributed by atoms with E-state index in [4.69, 9.17) is 16.7 Å². The van der Waals surface area contributed by atoms with Crippen molar-refractivity contribution in [2.75, 3.05) is 23.4 Å². The second kappa shape index (κ2) is 6.85. The molecule has 5 nitrogen and oxygen atoms in total. The molecule has 1 aliphatic rings. The first kappa shape index (κ1) is 15.0. The van der Waals surface area contributed by atoms with Crippen LogP contribution in [0, 0.1) is 0 Å². The third-order valence-electron chi connectivity index (χ3n) is 2.97. The van der Waals surface area contributed by atoms with Gasteiger partial charge in [-0.1, -0.05) is 17.7 Å². The Morgan fingerprint density at radius 1 is 1.50 bits per heavy atom. The van der Waals surface area contributed by atoms with Crippen LogP contribution in [0.5, 0.6) is 0 Å². The molecule has 2 rings (SSSR count). The highest BCUT2D eigenvalue weighted by Gasteiger charge is 2.28. The van der Waals surface area contributed by atoms with E-state index in [9.17, 15) is 9.59 Å². The minimum Gasteiger partial charge on any atom is -0.481 e. The number of amides is 2. The van der Waals surface area contributed by atoms with E-state index in [0.717, 1.165) is 5.75 Å². The fraction of sp³-hybridized carbons (Fsp3) is 0.385. The molecule has 0 aromatic heterocycles. The molecule has 1 heterocycles. The molecule has 2 amide bonds. The fourth-order valence-corrected chi connectivity index (χ4v) is 3.31. The van der Waals surface area contributed by atoms with E-state index < -0.39 is 5.97 Å². The Bertz CT molecular complexity index is 512. The average molecular weight is 315 g/mol. The molecule has 20 heavy (non-hydrogen) atoms. The Labute approximate surface area is 126 Å². The molecule has 1 saturated heterocycles. The number of anilines is 1. The van der Waals surface area contributed by atoms with Crippen molar-refractivity contribution in [3.05, 3.63) is 29.3 Å². The van der Waals surface area contributed by atoms with Crippen LogP contribution in [0.2, 0.25) is 5.02 Å². The number of thioether (sulfide) groups is 1. The number of aliphatic carboxylic acids is 1. The summed E-state index contributed by atoms with van der Waals surface area (Å²) in [5.74, 6) is 0.576. The van der Waals surface area contributed by atoms with Gasteiger partial charge in [-0.25, -0.2) is 4.79 Å². The van der Waals surface area contributed by atoms with Crippen molar-refractivity contribution in [1.29, 1.82) is 0 Å². The van der Waals surface area contributed by atoms with Crippen LogP contribution in [0.3, 0.4) is 0 Å². The summed E-state index contributed by atoms with van der Waals surface area (Å²) in [6.07, 6.45) is -0.0318. The van der Waals surface area contributed by atoms with Crippen molar-refractivity contribution in [3.63, 3.8) is 0 Å². The van der Waals surface area contributed by atoms with E-state index in [0.29, 0.717) is 23.0 Å². The van der Waals surface area contributed by atoms with Crippen molar-refractivity contribution in [3.8, 4) is 0 Å². The number of carboxylic acids is 1. The quantitative estimate of drug-likeness (QED) is 0.900. The van der Waals surface area contributed by atoms with Gasteiger partial charge in [0.25, 0.3) is 0 Å². The zero-order valence-electron chi connectivity index (χ0n) is 10.7. The molecule has 1 fully saturated rings. The highest BCUT2D eigenvalue weighted by Crippen LogP contribution is 2.21. The predicted octanol–water partition coefficient (Wildman–Crippen LogP) is 2.76. The average Bonchev–Trinajstić information content (AvgIpc) is 2.38. The number of halogens is 1. The number of carbonyl (C=O) groups excluding carboxylic acids is 1. The minimum atomic E-state index is -0.891. The largest absolute Gasteiger partial charge is 0.481 e. The topological polar surface area (TPSA) is 69.6 Å². The van der Waals surface area contributed by atoms with Crippen LogP contribution in [0.1, 0.15) is 6.42 Å². The smallest absolute Gasteiger partial charge is 0.322 e. The molecule has 1 aromatic carbocycles.